The van der Waals surface area contributed by atoms with Gasteiger partial charge in [-0.25, -0.2) is 0 Å². The molecule has 1 aliphatic rings. The molecular formula is C18H29NO. The van der Waals surface area contributed by atoms with Gasteiger partial charge in [0.1, 0.15) is 5.75 Å². The van der Waals surface area contributed by atoms with Crippen LogP contribution in [0.5, 0.6) is 5.75 Å². The molecule has 0 heterocycles. The van der Waals surface area contributed by atoms with E-state index in [0.29, 0.717) is 5.92 Å². The third-order valence-electron chi connectivity index (χ3n) is 4.68. The lowest BCUT2D eigenvalue weighted by molar-refractivity contribution is 0.374. The summed E-state index contributed by atoms with van der Waals surface area (Å²) in [4.78, 5) is 0. The first-order valence-corrected chi connectivity index (χ1v) is 8.07. The van der Waals surface area contributed by atoms with E-state index < -0.39 is 0 Å². The van der Waals surface area contributed by atoms with Gasteiger partial charge in [-0.1, -0.05) is 38.8 Å². The number of ether oxygens (including phenoxy) is 1. The summed E-state index contributed by atoms with van der Waals surface area (Å²) in [6.07, 6.45) is 5.19. The van der Waals surface area contributed by atoms with Crippen molar-refractivity contribution < 1.29 is 4.74 Å². The molecule has 1 fully saturated rings. The van der Waals surface area contributed by atoms with Gasteiger partial charge in [0.25, 0.3) is 0 Å². The molecule has 0 bridgehead atoms. The van der Waals surface area contributed by atoms with E-state index in [0.717, 1.165) is 24.3 Å². The van der Waals surface area contributed by atoms with Gasteiger partial charge in [-0.2, -0.15) is 0 Å². The number of nitrogens with one attached hydrogen (secondary N) is 1. The maximum Gasteiger partial charge on any atom is 0.122 e. The molecule has 2 nitrogen and oxygen atoms in total. The quantitative estimate of drug-likeness (QED) is 0.765. The minimum atomic E-state index is 0.597. The number of benzene rings is 1. The summed E-state index contributed by atoms with van der Waals surface area (Å²) >= 11 is 0. The highest BCUT2D eigenvalue weighted by Crippen LogP contribution is 2.33. The Morgan fingerprint density at radius 1 is 1.25 bits per heavy atom. The average Bonchev–Trinajstić information content (AvgIpc) is 3.28. The molecule has 112 valence electrons. The van der Waals surface area contributed by atoms with Gasteiger partial charge in [-0.05, 0) is 48.8 Å². The minimum Gasteiger partial charge on any atom is -0.496 e. The van der Waals surface area contributed by atoms with Crippen molar-refractivity contribution in [3.05, 3.63) is 29.3 Å². The molecule has 1 aliphatic carbocycles. The first-order chi connectivity index (χ1) is 9.69. The van der Waals surface area contributed by atoms with E-state index in [1.54, 1.807) is 7.11 Å². The second-order valence-electron chi connectivity index (χ2n) is 6.09. The van der Waals surface area contributed by atoms with Gasteiger partial charge in [0, 0.05) is 12.6 Å². The lowest BCUT2D eigenvalue weighted by Crippen LogP contribution is -2.28. The molecule has 0 aliphatic heterocycles. The highest BCUT2D eigenvalue weighted by Gasteiger charge is 2.26. The molecule has 1 N–H and O–H groups in total. The zero-order valence-electron chi connectivity index (χ0n) is 13.4. The van der Waals surface area contributed by atoms with Crippen LogP contribution in [-0.2, 0) is 0 Å². The Bertz CT molecular complexity index is 421. The fraction of sp³-hybridized carbons (Fsp3) is 0.667. The van der Waals surface area contributed by atoms with Crippen LogP contribution in [0, 0.1) is 12.8 Å². The molecule has 1 aromatic carbocycles. The zero-order chi connectivity index (χ0) is 14.5. The molecule has 0 saturated heterocycles. The maximum atomic E-state index is 5.50. The molecule has 0 amide bonds. The molecule has 2 heteroatoms. The van der Waals surface area contributed by atoms with Gasteiger partial charge in [-0.15, -0.1) is 0 Å². The van der Waals surface area contributed by atoms with Gasteiger partial charge in [0.2, 0.25) is 0 Å². The van der Waals surface area contributed by atoms with Crippen molar-refractivity contribution in [1.29, 1.82) is 0 Å². The summed E-state index contributed by atoms with van der Waals surface area (Å²) in [7, 11) is 1.76. The van der Waals surface area contributed by atoms with Crippen LogP contribution in [0.1, 0.15) is 56.6 Å². The molecule has 1 unspecified atom stereocenters. The minimum absolute atomic E-state index is 0.597. The van der Waals surface area contributed by atoms with E-state index in [4.69, 9.17) is 4.74 Å². The molecule has 2 rings (SSSR count). The van der Waals surface area contributed by atoms with Gasteiger partial charge in [0.05, 0.1) is 7.11 Å². The van der Waals surface area contributed by atoms with E-state index in [1.807, 2.05) is 0 Å². The van der Waals surface area contributed by atoms with Crippen LogP contribution >= 0.6 is 0 Å². The van der Waals surface area contributed by atoms with Crippen molar-refractivity contribution in [2.45, 2.75) is 58.4 Å². The number of hydrogen-bond donors (Lipinski definition) is 1. The first kappa shape index (κ1) is 15.4. The molecule has 1 aromatic rings. The van der Waals surface area contributed by atoms with Gasteiger partial charge in [-0.3, -0.25) is 0 Å². The summed E-state index contributed by atoms with van der Waals surface area (Å²) in [6.45, 7) is 7.83. The lowest BCUT2D eigenvalue weighted by atomic mass is 9.82. The van der Waals surface area contributed by atoms with E-state index in [1.165, 1.54) is 36.8 Å². The van der Waals surface area contributed by atoms with Gasteiger partial charge in [0.15, 0.2) is 0 Å². The lowest BCUT2D eigenvalue weighted by Gasteiger charge is -2.27. The number of aryl methyl sites for hydroxylation is 1. The van der Waals surface area contributed by atoms with Crippen molar-refractivity contribution in [2.24, 2.45) is 5.92 Å². The maximum absolute atomic E-state index is 5.50. The molecule has 0 radical (unpaired) electrons. The van der Waals surface area contributed by atoms with Crippen LogP contribution in [0.3, 0.4) is 0 Å². The number of hydrogen-bond acceptors (Lipinski definition) is 2. The van der Waals surface area contributed by atoms with Crippen molar-refractivity contribution in [3.63, 3.8) is 0 Å². The molecule has 0 spiro atoms. The van der Waals surface area contributed by atoms with Gasteiger partial charge < -0.3 is 10.1 Å². The summed E-state index contributed by atoms with van der Waals surface area (Å²) in [6, 6.07) is 7.50. The van der Waals surface area contributed by atoms with Crippen LogP contribution in [0.4, 0.5) is 0 Å². The summed E-state index contributed by atoms with van der Waals surface area (Å²) < 4.78 is 5.50. The van der Waals surface area contributed by atoms with Crippen molar-refractivity contribution >= 4 is 0 Å². The second kappa shape index (κ2) is 7.12. The highest BCUT2D eigenvalue weighted by molar-refractivity contribution is 5.38. The van der Waals surface area contributed by atoms with Crippen molar-refractivity contribution in [1.82, 2.24) is 5.32 Å². The third-order valence-corrected chi connectivity index (χ3v) is 4.68. The predicted molar refractivity (Wildman–Crippen MR) is 85.6 cm³/mol. The summed E-state index contributed by atoms with van der Waals surface area (Å²) in [5, 5.41) is 3.72. The number of methoxy groups -OCH3 is 1. The SMILES string of the molecule is CCC(CC)C(CNC1CC1)c1ccc(C)c(OC)c1. The predicted octanol–water partition coefficient (Wildman–Crippen LogP) is 4.28. The Balaban J connectivity index is 2.18. The largest absolute Gasteiger partial charge is 0.496 e. The topological polar surface area (TPSA) is 21.3 Å². The zero-order valence-corrected chi connectivity index (χ0v) is 13.4. The average molecular weight is 275 g/mol. The van der Waals surface area contributed by atoms with Crippen LogP contribution in [0.25, 0.3) is 0 Å². The Labute approximate surface area is 123 Å². The van der Waals surface area contributed by atoms with E-state index >= 15 is 0 Å². The van der Waals surface area contributed by atoms with Crippen molar-refractivity contribution in [3.8, 4) is 5.75 Å². The van der Waals surface area contributed by atoms with Gasteiger partial charge >= 0.3 is 0 Å². The highest BCUT2D eigenvalue weighted by atomic mass is 16.5. The third kappa shape index (κ3) is 3.76. The Morgan fingerprint density at radius 2 is 1.95 bits per heavy atom. The Morgan fingerprint density at radius 3 is 2.50 bits per heavy atom. The van der Waals surface area contributed by atoms with Crippen LogP contribution < -0.4 is 10.1 Å². The monoisotopic (exact) mass is 275 g/mol. The number of rotatable bonds is 8. The molecule has 1 atom stereocenters. The fourth-order valence-electron chi connectivity index (χ4n) is 3.06. The molecule has 0 aromatic heterocycles. The Hall–Kier alpha value is -1.02. The van der Waals surface area contributed by atoms with Crippen LogP contribution in [0.2, 0.25) is 0 Å². The van der Waals surface area contributed by atoms with Crippen LogP contribution in [-0.4, -0.2) is 19.7 Å². The second-order valence-corrected chi connectivity index (χ2v) is 6.09. The van der Waals surface area contributed by atoms with E-state index in [2.05, 4.69) is 44.3 Å². The fourth-order valence-corrected chi connectivity index (χ4v) is 3.06. The standard InChI is InChI=1S/C18H29NO/c1-5-14(6-2)17(12-19-16-9-10-16)15-8-7-13(3)18(11-15)20-4/h7-8,11,14,16-17,19H,5-6,9-10,12H2,1-4H3. The molecule has 20 heavy (non-hydrogen) atoms. The normalized spacial score (nSPS) is 16.4. The molecular weight excluding hydrogens is 246 g/mol. The molecule has 1 saturated carbocycles. The summed E-state index contributed by atoms with van der Waals surface area (Å²) in [5.74, 6) is 2.36. The van der Waals surface area contributed by atoms with Crippen molar-refractivity contribution in [2.75, 3.05) is 13.7 Å². The first-order valence-electron chi connectivity index (χ1n) is 8.07. The van der Waals surface area contributed by atoms with Crippen LogP contribution in [0.15, 0.2) is 18.2 Å². The van der Waals surface area contributed by atoms with E-state index in [9.17, 15) is 0 Å². The Kier molecular flexibility index (Phi) is 5.47. The summed E-state index contributed by atoms with van der Waals surface area (Å²) in [5.41, 5.74) is 2.64. The van der Waals surface area contributed by atoms with E-state index in [-0.39, 0.29) is 0 Å². The smallest absolute Gasteiger partial charge is 0.122 e.